The molecule has 0 aliphatic carbocycles. The number of thioether (sulfide) groups is 1. The van der Waals surface area contributed by atoms with Crippen molar-refractivity contribution in [3.63, 3.8) is 0 Å². The molecule has 0 aliphatic heterocycles. The fourth-order valence-corrected chi connectivity index (χ4v) is 2.90. The van der Waals surface area contributed by atoms with Gasteiger partial charge in [-0.2, -0.15) is 0 Å². The zero-order chi connectivity index (χ0) is 18.4. The quantitative estimate of drug-likeness (QED) is 0.724. The molecule has 2 aromatic rings. The van der Waals surface area contributed by atoms with Gasteiger partial charge in [0.15, 0.2) is 5.76 Å². The highest BCUT2D eigenvalue weighted by molar-refractivity contribution is 7.99. The lowest BCUT2D eigenvalue weighted by molar-refractivity contribution is -0.141. The first-order valence-electron chi connectivity index (χ1n) is 7.76. The van der Waals surface area contributed by atoms with Crippen molar-refractivity contribution in [3.8, 4) is 11.3 Å². The second-order valence-corrected chi connectivity index (χ2v) is 7.15. The summed E-state index contributed by atoms with van der Waals surface area (Å²) < 4.78 is 5.68. The normalized spacial score (nSPS) is 13.2. The van der Waals surface area contributed by atoms with Crippen LogP contribution in [-0.2, 0) is 15.3 Å². The summed E-state index contributed by atoms with van der Waals surface area (Å²) in [5.74, 6) is 0.185. The van der Waals surface area contributed by atoms with Gasteiger partial charge < -0.3 is 14.8 Å². The number of halogens is 1. The number of carboxylic acids is 1. The molecule has 0 radical (unpaired) electrons. The first kappa shape index (κ1) is 19.3. The van der Waals surface area contributed by atoms with Crippen LogP contribution >= 0.6 is 23.4 Å². The first-order valence-corrected chi connectivity index (χ1v) is 9.18. The number of rotatable bonds is 8. The number of benzene rings is 1. The smallest absolute Gasteiger partial charge is 0.326 e. The summed E-state index contributed by atoms with van der Waals surface area (Å²) in [5, 5.41) is 11.7. The van der Waals surface area contributed by atoms with E-state index < -0.39 is 17.3 Å². The molecule has 1 amide bonds. The van der Waals surface area contributed by atoms with Crippen LogP contribution in [0.25, 0.3) is 11.3 Å². The van der Waals surface area contributed by atoms with Gasteiger partial charge in [0, 0.05) is 10.6 Å². The third-order valence-corrected chi connectivity index (χ3v) is 4.91. The van der Waals surface area contributed by atoms with E-state index in [1.807, 2.05) is 12.1 Å². The van der Waals surface area contributed by atoms with E-state index in [9.17, 15) is 9.59 Å². The Bertz CT molecular complexity index is 733. The predicted molar refractivity (Wildman–Crippen MR) is 97.6 cm³/mol. The Labute approximate surface area is 155 Å². The maximum Gasteiger partial charge on any atom is 0.326 e. The SMILES string of the molecule is CCC(NC(=O)C(C)SCc1ncc(-c2ccc(Cl)cc2)o1)C(=O)O. The Morgan fingerprint density at radius 3 is 2.64 bits per heavy atom. The number of carbonyl (C=O) groups excluding carboxylic acids is 1. The number of amides is 1. The lowest BCUT2D eigenvalue weighted by Gasteiger charge is -2.15. The highest BCUT2D eigenvalue weighted by Gasteiger charge is 2.22. The first-order chi connectivity index (χ1) is 11.9. The zero-order valence-corrected chi connectivity index (χ0v) is 15.4. The van der Waals surface area contributed by atoms with Crippen LogP contribution in [0.3, 0.4) is 0 Å². The highest BCUT2D eigenvalue weighted by Crippen LogP contribution is 2.25. The Balaban J connectivity index is 1.89. The molecule has 0 saturated carbocycles. The van der Waals surface area contributed by atoms with Crippen molar-refractivity contribution in [2.45, 2.75) is 37.3 Å². The van der Waals surface area contributed by atoms with Crippen LogP contribution in [0.15, 0.2) is 34.9 Å². The molecule has 2 rings (SSSR count). The lowest BCUT2D eigenvalue weighted by atomic mass is 10.2. The molecule has 0 spiro atoms. The van der Waals surface area contributed by atoms with Crippen molar-refractivity contribution in [3.05, 3.63) is 41.4 Å². The summed E-state index contributed by atoms with van der Waals surface area (Å²) in [7, 11) is 0. The van der Waals surface area contributed by atoms with Crippen molar-refractivity contribution in [2.75, 3.05) is 0 Å². The lowest BCUT2D eigenvalue weighted by Crippen LogP contribution is -2.43. The number of carboxylic acid groups (broad SMARTS) is 1. The predicted octanol–water partition coefficient (Wildman–Crippen LogP) is 3.60. The molecule has 0 bridgehead atoms. The molecule has 25 heavy (non-hydrogen) atoms. The van der Waals surface area contributed by atoms with Gasteiger partial charge in [-0.15, -0.1) is 11.8 Å². The number of aromatic nitrogens is 1. The number of carbonyl (C=O) groups is 2. The second kappa shape index (κ2) is 8.92. The molecule has 0 saturated heterocycles. The second-order valence-electron chi connectivity index (χ2n) is 5.39. The van der Waals surface area contributed by atoms with Gasteiger partial charge in [0.25, 0.3) is 0 Å². The van der Waals surface area contributed by atoms with E-state index >= 15 is 0 Å². The summed E-state index contributed by atoms with van der Waals surface area (Å²) in [6.07, 6.45) is 1.96. The molecular formula is C17H19ClN2O4S. The molecule has 8 heteroatoms. The minimum atomic E-state index is -1.03. The van der Waals surface area contributed by atoms with E-state index in [4.69, 9.17) is 21.1 Å². The van der Waals surface area contributed by atoms with Crippen molar-refractivity contribution < 1.29 is 19.1 Å². The van der Waals surface area contributed by atoms with Crippen LogP contribution in [0.2, 0.25) is 5.02 Å². The van der Waals surface area contributed by atoms with Crippen LogP contribution in [0.4, 0.5) is 0 Å². The molecule has 1 aromatic carbocycles. The maximum atomic E-state index is 12.0. The van der Waals surface area contributed by atoms with Crippen LogP contribution in [-0.4, -0.2) is 33.3 Å². The third-order valence-electron chi connectivity index (χ3n) is 3.53. The van der Waals surface area contributed by atoms with E-state index in [2.05, 4.69) is 10.3 Å². The van der Waals surface area contributed by atoms with E-state index in [0.29, 0.717) is 28.8 Å². The summed E-state index contributed by atoms with van der Waals surface area (Å²) in [6.45, 7) is 3.43. The van der Waals surface area contributed by atoms with Gasteiger partial charge in [-0.1, -0.05) is 18.5 Å². The van der Waals surface area contributed by atoms with Gasteiger partial charge in [0.05, 0.1) is 17.2 Å². The fourth-order valence-electron chi connectivity index (χ4n) is 2.02. The number of nitrogens with one attached hydrogen (secondary N) is 1. The number of nitrogens with zero attached hydrogens (tertiary/aromatic N) is 1. The molecule has 1 aromatic heterocycles. The number of oxazole rings is 1. The van der Waals surface area contributed by atoms with E-state index in [1.165, 1.54) is 11.8 Å². The molecule has 0 fully saturated rings. The largest absolute Gasteiger partial charge is 0.480 e. The topological polar surface area (TPSA) is 92.4 Å². The molecule has 1 heterocycles. The average Bonchev–Trinajstić information content (AvgIpc) is 3.06. The average molecular weight is 383 g/mol. The third kappa shape index (κ3) is 5.51. The molecular weight excluding hydrogens is 364 g/mol. The van der Waals surface area contributed by atoms with Gasteiger partial charge in [-0.05, 0) is 37.6 Å². The van der Waals surface area contributed by atoms with Crippen molar-refractivity contribution in [2.24, 2.45) is 0 Å². The van der Waals surface area contributed by atoms with E-state index in [-0.39, 0.29) is 5.91 Å². The van der Waals surface area contributed by atoms with Crippen molar-refractivity contribution in [1.82, 2.24) is 10.3 Å². The summed E-state index contributed by atoms with van der Waals surface area (Å²) in [6, 6.07) is 6.35. The van der Waals surface area contributed by atoms with Gasteiger partial charge >= 0.3 is 5.97 Å². The van der Waals surface area contributed by atoms with Crippen LogP contribution in [0.1, 0.15) is 26.2 Å². The van der Waals surface area contributed by atoms with Crippen molar-refractivity contribution in [1.29, 1.82) is 0 Å². The minimum absolute atomic E-state index is 0.316. The number of aliphatic carboxylic acids is 1. The Morgan fingerprint density at radius 1 is 1.36 bits per heavy atom. The van der Waals surface area contributed by atoms with Gasteiger partial charge in [-0.25, -0.2) is 9.78 Å². The fraction of sp³-hybridized carbons (Fsp3) is 0.353. The van der Waals surface area contributed by atoms with Gasteiger partial charge in [0.2, 0.25) is 11.8 Å². The number of hydrogen-bond donors (Lipinski definition) is 2. The van der Waals surface area contributed by atoms with Gasteiger partial charge in [-0.3, -0.25) is 4.79 Å². The Hall–Kier alpha value is -1.99. The van der Waals surface area contributed by atoms with E-state index in [1.54, 1.807) is 32.2 Å². The van der Waals surface area contributed by atoms with Crippen LogP contribution < -0.4 is 5.32 Å². The van der Waals surface area contributed by atoms with Gasteiger partial charge in [0.1, 0.15) is 6.04 Å². The highest BCUT2D eigenvalue weighted by atomic mass is 35.5. The Kier molecular flexibility index (Phi) is 6.90. The molecule has 0 aliphatic rings. The minimum Gasteiger partial charge on any atom is -0.480 e. The van der Waals surface area contributed by atoms with Crippen molar-refractivity contribution >= 4 is 35.2 Å². The maximum absolute atomic E-state index is 12.0. The molecule has 6 nitrogen and oxygen atoms in total. The molecule has 2 N–H and O–H groups in total. The van der Waals surface area contributed by atoms with Crippen LogP contribution in [0.5, 0.6) is 0 Å². The van der Waals surface area contributed by atoms with E-state index in [0.717, 1.165) is 5.56 Å². The summed E-state index contributed by atoms with van der Waals surface area (Å²) in [4.78, 5) is 27.2. The summed E-state index contributed by atoms with van der Waals surface area (Å²) in [5.41, 5.74) is 0.867. The Morgan fingerprint density at radius 2 is 2.04 bits per heavy atom. The monoisotopic (exact) mass is 382 g/mol. The standard InChI is InChI=1S/C17H19ClN2O4S/c1-3-13(17(22)23)20-16(21)10(2)25-9-15-19-8-14(24-15)11-4-6-12(18)7-5-11/h4-8,10,13H,3,9H2,1-2H3,(H,20,21)(H,22,23). The summed E-state index contributed by atoms with van der Waals surface area (Å²) >= 11 is 7.19. The van der Waals surface area contributed by atoms with Crippen LogP contribution in [0, 0.1) is 0 Å². The number of hydrogen-bond acceptors (Lipinski definition) is 5. The zero-order valence-electron chi connectivity index (χ0n) is 13.9. The molecule has 134 valence electrons. The molecule has 2 atom stereocenters. The molecule has 2 unspecified atom stereocenters.